The van der Waals surface area contributed by atoms with E-state index >= 15 is 0 Å². The van der Waals surface area contributed by atoms with Crippen molar-refractivity contribution in [3.63, 3.8) is 0 Å². The lowest BCUT2D eigenvalue weighted by atomic mass is 9.91. The molecule has 2 aliphatic heterocycles. The van der Waals surface area contributed by atoms with Gasteiger partial charge in [0, 0.05) is 62.4 Å². The molecule has 3 aromatic rings. The number of allylic oxidation sites excluding steroid dienone is 1. The van der Waals surface area contributed by atoms with Gasteiger partial charge in [0.1, 0.15) is 11.5 Å². The first-order valence-electron chi connectivity index (χ1n) is 17.7. The molecule has 4 heterocycles. The van der Waals surface area contributed by atoms with Gasteiger partial charge in [-0.25, -0.2) is 0 Å². The molecule has 1 atom stereocenters. The van der Waals surface area contributed by atoms with Crippen LogP contribution in [0, 0.1) is 5.92 Å². The van der Waals surface area contributed by atoms with Crippen LogP contribution in [0.5, 0.6) is 0 Å². The molecule has 4 aliphatic rings. The smallest absolute Gasteiger partial charge is 0.269 e. The number of para-hydroxylation sites is 1. The second kappa shape index (κ2) is 13.8. The Morgan fingerprint density at radius 1 is 1.02 bits per heavy atom. The molecule has 3 fully saturated rings. The molecule has 0 bridgehead atoms. The molecular weight excluding hydrogens is 630 g/mol. The summed E-state index contributed by atoms with van der Waals surface area (Å²) in [5.74, 6) is -0.371. The predicted molar refractivity (Wildman–Crippen MR) is 194 cm³/mol. The second-order valence-electron chi connectivity index (χ2n) is 14.4. The first-order chi connectivity index (χ1) is 24.1. The number of aromatic nitrogens is 3. The number of hydrogen-bond donors (Lipinski definition) is 5. The van der Waals surface area contributed by atoms with Gasteiger partial charge >= 0.3 is 0 Å². The zero-order valence-electron chi connectivity index (χ0n) is 29.4. The summed E-state index contributed by atoms with van der Waals surface area (Å²) in [6.07, 6.45) is 7.98. The van der Waals surface area contributed by atoms with Gasteiger partial charge in [-0.1, -0.05) is 25.1 Å². The van der Waals surface area contributed by atoms with Crippen LogP contribution >= 0.6 is 0 Å². The number of carbonyl (C=O) groups excluding carboxylic acids is 2. The molecule has 2 saturated carbocycles. The topological polar surface area (TPSA) is 163 Å². The normalized spacial score (nSPS) is 19.7. The van der Waals surface area contributed by atoms with Crippen molar-refractivity contribution in [1.29, 1.82) is 0 Å². The fourth-order valence-electron chi connectivity index (χ4n) is 7.06. The molecule has 1 aromatic carbocycles. The molecule has 2 aliphatic carbocycles. The van der Waals surface area contributed by atoms with Crippen LogP contribution < -0.4 is 32.3 Å². The first-order valence-corrected chi connectivity index (χ1v) is 17.7. The Morgan fingerprint density at radius 3 is 2.46 bits per heavy atom. The van der Waals surface area contributed by atoms with Gasteiger partial charge in [0.05, 0.1) is 52.4 Å². The van der Waals surface area contributed by atoms with Gasteiger partial charge in [0.15, 0.2) is 0 Å². The van der Waals surface area contributed by atoms with Gasteiger partial charge in [-0.05, 0) is 64.4 Å². The Hall–Kier alpha value is -4.88. The molecule has 13 heteroatoms. The summed E-state index contributed by atoms with van der Waals surface area (Å²) >= 11 is 0. The fourth-order valence-corrected chi connectivity index (χ4v) is 7.06. The van der Waals surface area contributed by atoms with Crippen LogP contribution in [0.15, 0.2) is 65.9 Å². The lowest BCUT2D eigenvalue weighted by Gasteiger charge is -2.43. The van der Waals surface area contributed by atoms with Gasteiger partial charge in [-0.3, -0.25) is 24.2 Å². The standard InChI is InChI=1S/C37H49N11O2/c1-5-31-35-28(17-40-48(35)26-20-47(21-26)19-25-9-6-8-24(41-25)18-45(2)3)27-10-7-11-29(34(27)46(31)4)43-30(33(39)37(50)42-23-14-15-23)16-32(38)44-36(49)22-12-13-22/h6-11,16-17,22-23,26,31,43H,5,12-15,18-21,38-39H2,1-4H3,(H,42,50)(H,44,49)/b32-16+,33-30+. The van der Waals surface area contributed by atoms with E-state index < -0.39 is 0 Å². The van der Waals surface area contributed by atoms with E-state index in [4.69, 9.17) is 21.5 Å². The molecule has 2 amide bonds. The summed E-state index contributed by atoms with van der Waals surface area (Å²) in [5.41, 5.74) is 20.4. The summed E-state index contributed by atoms with van der Waals surface area (Å²) in [6.45, 7) is 5.65. The third kappa shape index (κ3) is 7.06. The molecule has 264 valence electrons. The minimum Gasteiger partial charge on any atom is -0.393 e. The molecule has 7 N–H and O–H groups in total. The number of carbonyl (C=O) groups is 2. The van der Waals surface area contributed by atoms with Crippen LogP contribution in [0.4, 0.5) is 11.4 Å². The Bertz CT molecular complexity index is 1830. The average molecular weight is 680 g/mol. The molecule has 0 radical (unpaired) electrons. The first kappa shape index (κ1) is 33.6. The highest BCUT2D eigenvalue weighted by atomic mass is 16.2. The highest BCUT2D eigenvalue weighted by molar-refractivity contribution is 5.96. The summed E-state index contributed by atoms with van der Waals surface area (Å²) in [7, 11) is 6.22. The van der Waals surface area contributed by atoms with E-state index in [9.17, 15) is 9.59 Å². The maximum absolute atomic E-state index is 13.1. The highest BCUT2D eigenvalue weighted by Gasteiger charge is 2.38. The number of nitrogens with zero attached hydrogens (tertiary/aromatic N) is 6. The number of benzene rings is 1. The van der Waals surface area contributed by atoms with Gasteiger partial charge in [0.25, 0.3) is 5.91 Å². The highest BCUT2D eigenvalue weighted by Crippen LogP contribution is 2.49. The molecule has 13 nitrogen and oxygen atoms in total. The van der Waals surface area contributed by atoms with Crippen LogP contribution in [0.25, 0.3) is 11.1 Å². The molecule has 1 saturated heterocycles. The van der Waals surface area contributed by atoms with Crippen molar-refractivity contribution in [1.82, 2.24) is 35.2 Å². The maximum atomic E-state index is 13.1. The summed E-state index contributed by atoms with van der Waals surface area (Å²) in [5, 5.41) is 14.1. The zero-order valence-corrected chi connectivity index (χ0v) is 29.4. The van der Waals surface area contributed by atoms with Gasteiger partial charge < -0.3 is 37.2 Å². The van der Waals surface area contributed by atoms with Crippen LogP contribution in [-0.4, -0.2) is 76.7 Å². The molecule has 2 aromatic heterocycles. The SMILES string of the molecule is CCC1c2c(cnn2C2CN(Cc3cccc(CN(C)C)n3)C2)-c2cccc(NC(/C=C(\N)NC(=O)C3CC3)=C(/N)C(=O)NC3CC3)c2N1C. The van der Waals surface area contributed by atoms with Crippen molar-refractivity contribution in [3.8, 4) is 11.1 Å². The lowest BCUT2D eigenvalue weighted by Crippen LogP contribution is -2.48. The van der Waals surface area contributed by atoms with Crippen LogP contribution in [0.1, 0.15) is 68.2 Å². The number of hydrogen-bond acceptors (Lipinski definition) is 10. The van der Waals surface area contributed by atoms with Gasteiger partial charge in [-0.2, -0.15) is 5.10 Å². The van der Waals surface area contributed by atoms with E-state index in [-0.39, 0.29) is 47.4 Å². The summed E-state index contributed by atoms with van der Waals surface area (Å²) in [4.78, 5) is 37.3. The Kier molecular flexibility index (Phi) is 9.27. The van der Waals surface area contributed by atoms with Crippen molar-refractivity contribution >= 4 is 23.2 Å². The summed E-state index contributed by atoms with van der Waals surface area (Å²) < 4.78 is 2.23. The molecule has 50 heavy (non-hydrogen) atoms. The minimum absolute atomic E-state index is 0.00583. The Morgan fingerprint density at radius 2 is 1.76 bits per heavy atom. The minimum atomic E-state index is -0.368. The van der Waals surface area contributed by atoms with Crippen molar-refractivity contribution < 1.29 is 9.59 Å². The van der Waals surface area contributed by atoms with Crippen molar-refractivity contribution in [2.45, 2.75) is 70.2 Å². The molecule has 1 unspecified atom stereocenters. The molecular formula is C37H49N11O2. The number of likely N-dealkylation sites (tertiary alicyclic amines) is 1. The second-order valence-corrected chi connectivity index (χ2v) is 14.4. The van der Waals surface area contributed by atoms with Gasteiger partial charge in [-0.15, -0.1) is 0 Å². The van der Waals surface area contributed by atoms with Crippen molar-refractivity contribution in [2.75, 3.05) is 44.4 Å². The van der Waals surface area contributed by atoms with Crippen LogP contribution in [-0.2, 0) is 22.7 Å². The average Bonchev–Trinajstić information content (AvgIpc) is 4.00. The Labute approximate surface area is 293 Å². The van der Waals surface area contributed by atoms with Crippen LogP contribution in [0.3, 0.4) is 0 Å². The van der Waals surface area contributed by atoms with E-state index in [1.54, 1.807) is 6.08 Å². The molecule has 7 rings (SSSR count). The number of nitrogens with one attached hydrogen (secondary N) is 3. The maximum Gasteiger partial charge on any atom is 0.269 e. The number of pyridine rings is 1. The quantitative estimate of drug-likeness (QED) is 0.134. The zero-order chi connectivity index (χ0) is 35.1. The van der Waals surface area contributed by atoms with Crippen LogP contribution in [0.2, 0.25) is 0 Å². The fraction of sp³-hybridized carbons (Fsp3) is 0.459. The van der Waals surface area contributed by atoms with Gasteiger partial charge in [0.2, 0.25) is 5.91 Å². The largest absolute Gasteiger partial charge is 0.393 e. The van der Waals surface area contributed by atoms with E-state index in [0.717, 1.165) is 92.2 Å². The number of anilines is 2. The summed E-state index contributed by atoms with van der Waals surface area (Å²) in [6, 6.07) is 12.8. The predicted octanol–water partition coefficient (Wildman–Crippen LogP) is 3.15. The van der Waals surface area contributed by atoms with E-state index in [2.05, 4.69) is 87.7 Å². The van der Waals surface area contributed by atoms with Crippen molar-refractivity contribution in [2.24, 2.45) is 17.4 Å². The third-order valence-electron chi connectivity index (χ3n) is 9.93. The Balaban J connectivity index is 1.14. The van der Waals surface area contributed by atoms with E-state index in [1.807, 2.05) is 18.3 Å². The monoisotopic (exact) mass is 679 g/mol. The number of fused-ring (bicyclic) bond motifs is 3. The third-order valence-corrected chi connectivity index (χ3v) is 9.93. The van der Waals surface area contributed by atoms with E-state index in [1.165, 1.54) is 5.69 Å². The van der Waals surface area contributed by atoms with E-state index in [0.29, 0.717) is 5.70 Å². The number of rotatable bonds is 13. The lowest BCUT2D eigenvalue weighted by molar-refractivity contribution is -0.121. The number of amides is 2. The molecule has 0 spiro atoms. The van der Waals surface area contributed by atoms with Crippen molar-refractivity contribution in [3.05, 3.63) is 83.0 Å². The number of nitrogens with two attached hydrogens (primary N) is 2.